The van der Waals surface area contributed by atoms with Crippen molar-refractivity contribution in [1.82, 2.24) is 19.8 Å². The number of amides is 2. The van der Waals surface area contributed by atoms with Gasteiger partial charge < -0.3 is 10.2 Å². The van der Waals surface area contributed by atoms with Gasteiger partial charge in [-0.3, -0.25) is 14.2 Å². The van der Waals surface area contributed by atoms with Gasteiger partial charge in [0.25, 0.3) is 11.8 Å². The smallest absolute Gasteiger partial charge is 0.253 e. The average molecular weight is 412 g/mol. The molecule has 1 N–H and O–H groups in total. The van der Waals surface area contributed by atoms with Crippen LogP contribution in [0.2, 0.25) is 0 Å². The lowest BCUT2D eigenvalue weighted by Crippen LogP contribution is -2.24. The molecule has 0 bridgehead atoms. The maximum Gasteiger partial charge on any atom is 0.253 e. The van der Waals surface area contributed by atoms with Crippen LogP contribution in [0.3, 0.4) is 0 Å². The number of nitrogens with zero attached hydrogens (tertiary/aromatic N) is 3. The van der Waals surface area contributed by atoms with Crippen molar-refractivity contribution in [3.05, 3.63) is 95.3 Å². The van der Waals surface area contributed by atoms with Gasteiger partial charge in [-0.2, -0.15) is 0 Å². The predicted octanol–water partition coefficient (Wildman–Crippen LogP) is 3.97. The molecular formula is C25H24N4O2. The molecule has 3 aromatic carbocycles. The second-order valence-electron chi connectivity index (χ2n) is 7.62. The molecule has 0 atom stereocenters. The zero-order valence-corrected chi connectivity index (χ0v) is 17.8. The van der Waals surface area contributed by atoms with E-state index >= 15 is 0 Å². The van der Waals surface area contributed by atoms with Gasteiger partial charge in [0, 0.05) is 37.5 Å². The zero-order chi connectivity index (χ0) is 22.0. The predicted molar refractivity (Wildman–Crippen MR) is 121 cm³/mol. The quantitative estimate of drug-likeness (QED) is 0.539. The molecule has 0 saturated carbocycles. The summed E-state index contributed by atoms with van der Waals surface area (Å²) in [5.41, 5.74) is 4.77. The van der Waals surface area contributed by atoms with Gasteiger partial charge in [0.15, 0.2) is 0 Å². The number of imidazole rings is 1. The second kappa shape index (κ2) is 8.44. The number of fused-ring (bicyclic) bond motifs is 1. The number of para-hydroxylation sites is 1. The summed E-state index contributed by atoms with van der Waals surface area (Å²) in [6.07, 6.45) is 0. The molecule has 0 aliphatic rings. The number of hydrogen-bond donors (Lipinski definition) is 1. The van der Waals surface area contributed by atoms with Gasteiger partial charge in [-0.1, -0.05) is 30.3 Å². The Labute approximate surface area is 181 Å². The van der Waals surface area contributed by atoms with E-state index in [1.165, 1.54) is 4.90 Å². The van der Waals surface area contributed by atoms with Crippen molar-refractivity contribution >= 4 is 22.8 Å². The number of aromatic nitrogens is 2. The third kappa shape index (κ3) is 4.19. The Kier molecular flexibility index (Phi) is 5.54. The lowest BCUT2D eigenvalue weighted by Gasteiger charge is -2.11. The fraction of sp³-hybridized carbons (Fsp3) is 0.160. The number of hydrogen-bond acceptors (Lipinski definition) is 3. The monoisotopic (exact) mass is 412 g/mol. The molecule has 4 aromatic rings. The van der Waals surface area contributed by atoms with E-state index in [1.54, 1.807) is 26.2 Å². The van der Waals surface area contributed by atoms with E-state index in [0.717, 1.165) is 28.1 Å². The largest absolute Gasteiger partial charge is 0.348 e. The first kappa shape index (κ1) is 20.3. The standard InChI is InChI=1S/C25H24N4O2/c1-17-27-22-15-19(12-13-23(22)29(17)21-10-5-4-6-11-21)24(30)26-16-18-8-7-9-20(14-18)25(31)28(2)3/h4-15H,16H2,1-3H3,(H,26,30). The van der Waals surface area contributed by atoms with Gasteiger partial charge in [-0.15, -0.1) is 0 Å². The van der Waals surface area contributed by atoms with Crippen LogP contribution >= 0.6 is 0 Å². The molecule has 31 heavy (non-hydrogen) atoms. The Morgan fingerprint density at radius 2 is 1.71 bits per heavy atom. The summed E-state index contributed by atoms with van der Waals surface area (Å²) in [6, 6.07) is 22.8. The van der Waals surface area contributed by atoms with Crippen LogP contribution in [-0.4, -0.2) is 40.4 Å². The topological polar surface area (TPSA) is 67.2 Å². The van der Waals surface area contributed by atoms with E-state index in [1.807, 2.05) is 67.6 Å². The van der Waals surface area contributed by atoms with Crippen molar-refractivity contribution in [2.24, 2.45) is 0 Å². The minimum atomic E-state index is -0.182. The first-order valence-electron chi connectivity index (χ1n) is 10.1. The summed E-state index contributed by atoms with van der Waals surface area (Å²) in [5.74, 6) is 0.613. The van der Waals surface area contributed by atoms with Crippen molar-refractivity contribution in [3.8, 4) is 5.69 Å². The Morgan fingerprint density at radius 3 is 2.45 bits per heavy atom. The van der Waals surface area contributed by atoms with Crippen LogP contribution in [0.15, 0.2) is 72.8 Å². The van der Waals surface area contributed by atoms with Crippen molar-refractivity contribution in [3.63, 3.8) is 0 Å². The van der Waals surface area contributed by atoms with Crippen LogP contribution in [-0.2, 0) is 6.54 Å². The molecule has 0 unspecified atom stereocenters. The normalized spacial score (nSPS) is 10.8. The Balaban J connectivity index is 1.53. The van der Waals surface area contributed by atoms with Gasteiger partial charge in [-0.25, -0.2) is 4.98 Å². The summed E-state index contributed by atoms with van der Waals surface area (Å²) in [5, 5.41) is 2.93. The average Bonchev–Trinajstić information content (AvgIpc) is 3.12. The van der Waals surface area contributed by atoms with Crippen molar-refractivity contribution in [2.45, 2.75) is 13.5 Å². The third-order valence-electron chi connectivity index (χ3n) is 5.13. The van der Waals surface area contributed by atoms with Crippen LogP contribution in [0.25, 0.3) is 16.7 Å². The highest BCUT2D eigenvalue weighted by Gasteiger charge is 2.13. The summed E-state index contributed by atoms with van der Waals surface area (Å²) >= 11 is 0. The van der Waals surface area contributed by atoms with E-state index in [2.05, 4.69) is 14.9 Å². The molecule has 0 radical (unpaired) electrons. The molecule has 6 nitrogen and oxygen atoms in total. The molecule has 6 heteroatoms. The van der Waals surface area contributed by atoms with Crippen LogP contribution in [0.4, 0.5) is 0 Å². The molecule has 0 saturated heterocycles. The van der Waals surface area contributed by atoms with Crippen LogP contribution < -0.4 is 5.32 Å². The first-order valence-corrected chi connectivity index (χ1v) is 10.1. The van der Waals surface area contributed by atoms with Crippen molar-refractivity contribution in [2.75, 3.05) is 14.1 Å². The Hall–Kier alpha value is -3.93. The minimum Gasteiger partial charge on any atom is -0.348 e. The highest BCUT2D eigenvalue weighted by atomic mass is 16.2. The van der Waals surface area contributed by atoms with E-state index in [-0.39, 0.29) is 11.8 Å². The van der Waals surface area contributed by atoms with E-state index in [4.69, 9.17) is 0 Å². The number of carbonyl (C=O) groups excluding carboxylic acids is 2. The number of carbonyl (C=O) groups is 2. The fourth-order valence-electron chi connectivity index (χ4n) is 3.60. The summed E-state index contributed by atoms with van der Waals surface area (Å²) in [7, 11) is 3.43. The van der Waals surface area contributed by atoms with E-state index < -0.39 is 0 Å². The SMILES string of the molecule is Cc1nc2cc(C(=O)NCc3cccc(C(=O)N(C)C)c3)ccc2n1-c1ccccc1. The fourth-order valence-corrected chi connectivity index (χ4v) is 3.60. The number of benzene rings is 3. The maximum absolute atomic E-state index is 12.7. The molecule has 2 amide bonds. The van der Waals surface area contributed by atoms with E-state index in [9.17, 15) is 9.59 Å². The van der Waals surface area contributed by atoms with Gasteiger partial charge in [-0.05, 0) is 55.0 Å². The number of rotatable bonds is 5. The second-order valence-corrected chi connectivity index (χ2v) is 7.62. The number of nitrogens with one attached hydrogen (secondary N) is 1. The highest BCUT2D eigenvalue weighted by molar-refractivity contribution is 5.98. The van der Waals surface area contributed by atoms with Crippen LogP contribution in [0.1, 0.15) is 32.1 Å². The summed E-state index contributed by atoms with van der Waals surface area (Å²) in [4.78, 5) is 31.0. The number of aryl methyl sites for hydroxylation is 1. The van der Waals surface area contributed by atoms with Gasteiger partial charge in [0.05, 0.1) is 11.0 Å². The first-order chi connectivity index (χ1) is 14.9. The van der Waals surface area contributed by atoms with Gasteiger partial charge >= 0.3 is 0 Å². The molecular weight excluding hydrogens is 388 g/mol. The molecule has 0 aliphatic carbocycles. The molecule has 0 spiro atoms. The molecule has 1 aromatic heterocycles. The molecule has 1 heterocycles. The van der Waals surface area contributed by atoms with Crippen molar-refractivity contribution in [1.29, 1.82) is 0 Å². The van der Waals surface area contributed by atoms with Crippen LogP contribution in [0.5, 0.6) is 0 Å². The molecule has 4 rings (SSSR count). The minimum absolute atomic E-state index is 0.0667. The molecule has 0 fully saturated rings. The zero-order valence-electron chi connectivity index (χ0n) is 17.8. The lowest BCUT2D eigenvalue weighted by molar-refractivity contribution is 0.0827. The molecule has 0 aliphatic heterocycles. The summed E-state index contributed by atoms with van der Waals surface area (Å²) in [6.45, 7) is 2.29. The third-order valence-corrected chi connectivity index (χ3v) is 5.13. The van der Waals surface area contributed by atoms with Crippen LogP contribution in [0, 0.1) is 6.92 Å². The highest BCUT2D eigenvalue weighted by Crippen LogP contribution is 2.22. The summed E-state index contributed by atoms with van der Waals surface area (Å²) < 4.78 is 2.07. The van der Waals surface area contributed by atoms with Gasteiger partial charge in [0.1, 0.15) is 5.82 Å². The lowest BCUT2D eigenvalue weighted by atomic mass is 10.1. The van der Waals surface area contributed by atoms with E-state index in [0.29, 0.717) is 17.7 Å². The van der Waals surface area contributed by atoms with Gasteiger partial charge in [0.2, 0.25) is 0 Å². The molecule has 156 valence electrons. The maximum atomic E-state index is 12.7. The Morgan fingerprint density at radius 1 is 0.935 bits per heavy atom. The Bertz CT molecular complexity index is 1260. The van der Waals surface area contributed by atoms with Crippen molar-refractivity contribution < 1.29 is 9.59 Å².